The predicted molar refractivity (Wildman–Crippen MR) is 102 cm³/mol. The van der Waals surface area contributed by atoms with Crippen LogP contribution >= 0.6 is 11.6 Å². The number of rotatable bonds is 6. The molecule has 0 fully saturated rings. The molecule has 4 nitrogen and oxygen atoms in total. The highest BCUT2D eigenvalue weighted by Crippen LogP contribution is 2.19. The first-order valence-corrected chi connectivity index (χ1v) is 8.62. The Labute approximate surface area is 158 Å². The van der Waals surface area contributed by atoms with Crippen molar-refractivity contribution in [1.29, 1.82) is 0 Å². The third-order valence-electron chi connectivity index (χ3n) is 3.94. The second-order valence-corrected chi connectivity index (χ2v) is 6.33. The molecule has 0 saturated carbocycles. The summed E-state index contributed by atoms with van der Waals surface area (Å²) in [5.41, 5.74) is 2.52. The molecule has 0 N–H and O–H groups in total. The molecule has 0 aliphatic heterocycles. The second-order valence-electron chi connectivity index (χ2n) is 5.93. The van der Waals surface area contributed by atoms with Gasteiger partial charge in [0.05, 0.1) is 0 Å². The first kappa shape index (κ1) is 18.0. The van der Waals surface area contributed by atoms with Gasteiger partial charge >= 0.3 is 0 Å². The van der Waals surface area contributed by atoms with E-state index in [2.05, 4.69) is 4.98 Å². The van der Waals surface area contributed by atoms with Crippen LogP contribution in [0.1, 0.15) is 21.5 Å². The van der Waals surface area contributed by atoms with Gasteiger partial charge in [-0.15, -0.1) is 0 Å². The lowest BCUT2D eigenvalue weighted by Crippen LogP contribution is -2.26. The van der Waals surface area contributed by atoms with Crippen molar-refractivity contribution >= 4 is 17.5 Å². The lowest BCUT2D eigenvalue weighted by atomic mass is 10.1. The minimum Gasteiger partial charge on any atom is -0.489 e. The molecule has 1 amide bonds. The van der Waals surface area contributed by atoms with Crippen LogP contribution in [0, 0.1) is 0 Å². The minimum absolute atomic E-state index is 0.0660. The summed E-state index contributed by atoms with van der Waals surface area (Å²) in [6, 6.07) is 18.5. The maximum absolute atomic E-state index is 12.6. The van der Waals surface area contributed by atoms with Crippen LogP contribution in [0.2, 0.25) is 5.02 Å². The largest absolute Gasteiger partial charge is 0.489 e. The number of ether oxygens (including phenoxy) is 1. The van der Waals surface area contributed by atoms with Gasteiger partial charge in [0.2, 0.25) is 0 Å². The van der Waals surface area contributed by atoms with Gasteiger partial charge in [0.25, 0.3) is 5.91 Å². The molecule has 1 heterocycles. The van der Waals surface area contributed by atoms with E-state index in [9.17, 15) is 4.79 Å². The Hall–Kier alpha value is -2.85. The van der Waals surface area contributed by atoms with Crippen LogP contribution in [0.3, 0.4) is 0 Å². The lowest BCUT2D eigenvalue weighted by molar-refractivity contribution is 0.0785. The molecule has 0 saturated heterocycles. The van der Waals surface area contributed by atoms with Gasteiger partial charge in [0, 0.05) is 42.1 Å². The molecular formula is C21H19ClN2O2. The molecule has 3 aromatic rings. The Morgan fingerprint density at radius 2 is 1.85 bits per heavy atom. The number of pyridine rings is 1. The summed E-state index contributed by atoms with van der Waals surface area (Å²) >= 11 is 6.17. The first-order valence-electron chi connectivity index (χ1n) is 8.24. The molecule has 0 aliphatic rings. The monoisotopic (exact) mass is 366 g/mol. The number of halogens is 1. The third kappa shape index (κ3) is 4.61. The predicted octanol–water partition coefficient (Wildman–Crippen LogP) is 4.59. The van der Waals surface area contributed by atoms with Gasteiger partial charge in [-0.2, -0.15) is 0 Å². The molecule has 0 aliphatic carbocycles. The number of hydrogen-bond donors (Lipinski definition) is 0. The van der Waals surface area contributed by atoms with Crippen LogP contribution in [0.15, 0.2) is 73.1 Å². The summed E-state index contributed by atoms with van der Waals surface area (Å²) in [6.07, 6.45) is 3.49. The van der Waals surface area contributed by atoms with Crippen molar-refractivity contribution in [3.05, 3.63) is 94.8 Å². The Balaban J connectivity index is 1.60. The topological polar surface area (TPSA) is 42.4 Å². The van der Waals surface area contributed by atoms with Crippen LogP contribution in [0.25, 0.3) is 0 Å². The number of nitrogens with zero attached hydrogens (tertiary/aromatic N) is 2. The molecule has 132 valence electrons. The SMILES string of the molecule is CN(Cc1ccccc1Cl)C(=O)c1ccc(OCc2cccnc2)cc1. The van der Waals surface area contributed by atoms with Crippen molar-refractivity contribution in [1.82, 2.24) is 9.88 Å². The zero-order valence-electron chi connectivity index (χ0n) is 14.4. The van der Waals surface area contributed by atoms with Crippen molar-refractivity contribution in [3.63, 3.8) is 0 Å². The van der Waals surface area contributed by atoms with E-state index in [0.29, 0.717) is 29.5 Å². The average Bonchev–Trinajstić information content (AvgIpc) is 2.69. The van der Waals surface area contributed by atoms with Gasteiger partial charge in [-0.05, 0) is 42.0 Å². The average molecular weight is 367 g/mol. The van der Waals surface area contributed by atoms with Crippen LogP contribution < -0.4 is 4.74 Å². The van der Waals surface area contributed by atoms with E-state index in [0.717, 1.165) is 11.1 Å². The van der Waals surface area contributed by atoms with Gasteiger partial charge in [-0.3, -0.25) is 9.78 Å². The van der Waals surface area contributed by atoms with Crippen LogP contribution in [-0.2, 0) is 13.2 Å². The molecule has 3 rings (SSSR count). The lowest BCUT2D eigenvalue weighted by Gasteiger charge is -2.18. The van der Waals surface area contributed by atoms with Crippen LogP contribution in [-0.4, -0.2) is 22.8 Å². The van der Waals surface area contributed by atoms with E-state index in [-0.39, 0.29) is 5.91 Å². The molecule has 0 atom stereocenters. The number of carbonyl (C=O) groups is 1. The van der Waals surface area contributed by atoms with Crippen molar-refractivity contribution in [3.8, 4) is 5.75 Å². The number of benzene rings is 2. The third-order valence-corrected chi connectivity index (χ3v) is 4.31. The fourth-order valence-electron chi connectivity index (χ4n) is 2.52. The highest BCUT2D eigenvalue weighted by atomic mass is 35.5. The smallest absolute Gasteiger partial charge is 0.253 e. The van der Waals surface area contributed by atoms with Crippen molar-refractivity contribution in [2.24, 2.45) is 0 Å². The van der Waals surface area contributed by atoms with Gasteiger partial charge in [-0.25, -0.2) is 0 Å². The minimum atomic E-state index is -0.0660. The Bertz CT molecular complexity index is 867. The molecule has 1 aromatic heterocycles. The molecule has 0 bridgehead atoms. The second kappa shape index (κ2) is 8.50. The summed E-state index contributed by atoms with van der Waals surface area (Å²) in [5, 5.41) is 0.659. The quantitative estimate of drug-likeness (QED) is 0.641. The fraction of sp³-hybridized carbons (Fsp3) is 0.143. The van der Waals surface area contributed by atoms with E-state index >= 15 is 0 Å². The van der Waals surface area contributed by atoms with E-state index < -0.39 is 0 Å². The van der Waals surface area contributed by atoms with Gasteiger partial charge in [-0.1, -0.05) is 35.9 Å². The highest BCUT2D eigenvalue weighted by Gasteiger charge is 2.13. The molecular weight excluding hydrogens is 348 g/mol. The molecule has 0 unspecified atom stereocenters. The van der Waals surface area contributed by atoms with E-state index in [1.165, 1.54) is 0 Å². The molecule has 0 radical (unpaired) electrons. The first-order chi connectivity index (χ1) is 12.6. The maximum atomic E-state index is 12.6. The molecule has 26 heavy (non-hydrogen) atoms. The molecule has 2 aromatic carbocycles. The summed E-state index contributed by atoms with van der Waals surface area (Å²) < 4.78 is 5.72. The Morgan fingerprint density at radius 3 is 2.54 bits per heavy atom. The van der Waals surface area contributed by atoms with Gasteiger partial charge in [0.1, 0.15) is 12.4 Å². The maximum Gasteiger partial charge on any atom is 0.253 e. The van der Waals surface area contributed by atoms with E-state index in [1.807, 2.05) is 36.4 Å². The number of aromatic nitrogens is 1. The number of hydrogen-bond acceptors (Lipinski definition) is 3. The number of amides is 1. The Kier molecular flexibility index (Phi) is 5.87. The zero-order chi connectivity index (χ0) is 18.4. The van der Waals surface area contributed by atoms with Crippen molar-refractivity contribution in [2.45, 2.75) is 13.2 Å². The normalized spacial score (nSPS) is 10.4. The zero-order valence-corrected chi connectivity index (χ0v) is 15.2. The van der Waals surface area contributed by atoms with Crippen LogP contribution in [0.5, 0.6) is 5.75 Å². The number of carbonyl (C=O) groups excluding carboxylic acids is 1. The van der Waals surface area contributed by atoms with E-state index in [1.54, 1.807) is 48.6 Å². The highest BCUT2D eigenvalue weighted by molar-refractivity contribution is 6.31. The summed E-state index contributed by atoms with van der Waals surface area (Å²) in [5.74, 6) is 0.642. The van der Waals surface area contributed by atoms with Gasteiger partial charge in [0.15, 0.2) is 0 Å². The van der Waals surface area contributed by atoms with Gasteiger partial charge < -0.3 is 9.64 Å². The fourth-order valence-corrected chi connectivity index (χ4v) is 2.71. The summed E-state index contributed by atoms with van der Waals surface area (Å²) in [6.45, 7) is 0.894. The Morgan fingerprint density at radius 1 is 1.08 bits per heavy atom. The van der Waals surface area contributed by atoms with Crippen molar-refractivity contribution < 1.29 is 9.53 Å². The standard InChI is InChI=1S/C21H19ClN2O2/c1-24(14-18-6-2-3-7-20(18)22)21(25)17-8-10-19(11-9-17)26-15-16-5-4-12-23-13-16/h2-13H,14-15H2,1H3. The summed E-state index contributed by atoms with van der Waals surface area (Å²) in [7, 11) is 1.76. The van der Waals surface area contributed by atoms with Crippen LogP contribution in [0.4, 0.5) is 0 Å². The van der Waals surface area contributed by atoms with E-state index in [4.69, 9.17) is 16.3 Å². The summed E-state index contributed by atoms with van der Waals surface area (Å²) in [4.78, 5) is 18.3. The molecule has 5 heteroatoms. The molecule has 0 spiro atoms. The van der Waals surface area contributed by atoms with Crippen molar-refractivity contribution in [2.75, 3.05) is 7.05 Å².